The van der Waals surface area contributed by atoms with E-state index in [0.29, 0.717) is 35.0 Å². The maximum Gasteiger partial charge on any atom is 0.266 e. The highest BCUT2D eigenvalue weighted by atomic mass is 35.5. The fraction of sp³-hybridized carbons (Fsp3) is 0.571. The molecule has 2 heterocycles. The molecule has 0 bridgehead atoms. The van der Waals surface area contributed by atoms with E-state index in [9.17, 15) is 4.79 Å². The van der Waals surface area contributed by atoms with Crippen molar-refractivity contribution in [2.75, 3.05) is 13.1 Å². The minimum Gasteiger partial charge on any atom is -0.478 e. The number of ether oxygens (including phenoxy) is 1. The van der Waals surface area contributed by atoms with Crippen molar-refractivity contribution in [2.45, 2.75) is 57.5 Å². The van der Waals surface area contributed by atoms with Gasteiger partial charge in [-0.15, -0.1) is 0 Å². The van der Waals surface area contributed by atoms with Crippen molar-refractivity contribution in [1.82, 2.24) is 15.0 Å². The van der Waals surface area contributed by atoms with E-state index < -0.39 is 5.60 Å². The van der Waals surface area contributed by atoms with Gasteiger partial charge < -0.3 is 14.2 Å². The maximum atomic E-state index is 13.1. The number of nitrogens with zero attached hydrogens (tertiary/aromatic N) is 3. The van der Waals surface area contributed by atoms with Gasteiger partial charge in [0.05, 0.1) is 0 Å². The lowest BCUT2D eigenvalue weighted by Crippen LogP contribution is -2.52. The molecule has 150 valence electrons. The first-order valence-corrected chi connectivity index (χ1v) is 10.3. The molecule has 1 aliphatic heterocycles. The van der Waals surface area contributed by atoms with Crippen LogP contribution in [0.4, 0.5) is 0 Å². The molecule has 7 heteroatoms. The first-order valence-electron chi connectivity index (χ1n) is 9.97. The molecule has 1 saturated carbocycles. The van der Waals surface area contributed by atoms with Crippen LogP contribution in [0.2, 0.25) is 5.02 Å². The lowest BCUT2D eigenvalue weighted by atomic mass is 9.93. The average molecular weight is 404 g/mol. The smallest absolute Gasteiger partial charge is 0.266 e. The second-order valence-corrected chi connectivity index (χ2v) is 8.79. The Labute approximate surface area is 170 Å². The van der Waals surface area contributed by atoms with Crippen LogP contribution >= 0.6 is 11.6 Å². The van der Waals surface area contributed by atoms with E-state index >= 15 is 0 Å². The predicted molar refractivity (Wildman–Crippen MR) is 105 cm³/mol. The summed E-state index contributed by atoms with van der Waals surface area (Å²) >= 11 is 5.92. The van der Waals surface area contributed by atoms with Crippen LogP contribution < -0.4 is 4.74 Å². The van der Waals surface area contributed by atoms with Gasteiger partial charge in [-0.3, -0.25) is 4.79 Å². The Morgan fingerprint density at radius 3 is 2.75 bits per heavy atom. The van der Waals surface area contributed by atoms with Crippen LogP contribution in [0.15, 0.2) is 28.8 Å². The molecule has 2 fully saturated rings. The number of hydrogen-bond donors (Lipinski definition) is 0. The topological polar surface area (TPSA) is 68.5 Å². The summed E-state index contributed by atoms with van der Waals surface area (Å²) in [6.45, 7) is 5.06. The van der Waals surface area contributed by atoms with E-state index in [1.54, 1.807) is 24.3 Å². The van der Waals surface area contributed by atoms with Crippen LogP contribution in [-0.4, -0.2) is 39.6 Å². The van der Waals surface area contributed by atoms with Gasteiger partial charge in [0.1, 0.15) is 5.75 Å². The minimum absolute atomic E-state index is 0.00338. The van der Waals surface area contributed by atoms with Crippen LogP contribution in [-0.2, 0) is 11.2 Å². The summed E-state index contributed by atoms with van der Waals surface area (Å²) in [6, 6.07) is 7.08. The highest BCUT2D eigenvalue weighted by Crippen LogP contribution is 2.38. The number of piperidine rings is 1. The zero-order valence-electron chi connectivity index (χ0n) is 16.4. The molecule has 0 N–H and O–H groups in total. The van der Waals surface area contributed by atoms with Crippen molar-refractivity contribution in [3.63, 3.8) is 0 Å². The largest absolute Gasteiger partial charge is 0.478 e. The molecular weight excluding hydrogens is 378 g/mol. The normalized spacial score (nSPS) is 20.2. The molecule has 1 atom stereocenters. The summed E-state index contributed by atoms with van der Waals surface area (Å²) < 4.78 is 11.4. The zero-order chi connectivity index (χ0) is 19.7. The second kappa shape index (κ2) is 7.74. The molecule has 2 aromatic rings. The Hall–Kier alpha value is -2.08. The van der Waals surface area contributed by atoms with Crippen molar-refractivity contribution in [1.29, 1.82) is 0 Å². The molecule has 1 aromatic carbocycles. The molecule has 6 nitrogen and oxygen atoms in total. The lowest BCUT2D eigenvalue weighted by molar-refractivity contribution is -0.147. The number of likely N-dealkylation sites (tertiary alicyclic amines) is 1. The van der Waals surface area contributed by atoms with Crippen molar-refractivity contribution in [3.8, 4) is 5.75 Å². The predicted octanol–water partition coefficient (Wildman–Crippen LogP) is 4.24. The molecule has 1 aliphatic carbocycles. The van der Waals surface area contributed by atoms with Crippen LogP contribution in [0.1, 0.15) is 57.2 Å². The van der Waals surface area contributed by atoms with Gasteiger partial charge in [-0.1, -0.05) is 16.8 Å². The molecule has 0 unspecified atom stereocenters. The standard InChI is InChI=1S/C21H26ClN3O3/c1-21(2,27-17-9-7-16(22)8-10-17)20(26)25-11-3-4-14(13-25)12-18-23-19(24-28-18)15-5-6-15/h7-10,14-15H,3-6,11-13H2,1-2H3/t14-/m0/s1. The molecule has 28 heavy (non-hydrogen) atoms. The number of hydrogen-bond acceptors (Lipinski definition) is 5. The SMILES string of the molecule is CC(C)(Oc1ccc(Cl)cc1)C(=O)N1CCC[C@@H](Cc2nc(C3CC3)no2)C1. The van der Waals surface area contributed by atoms with Crippen molar-refractivity contribution >= 4 is 17.5 Å². The van der Waals surface area contributed by atoms with E-state index in [-0.39, 0.29) is 5.91 Å². The molecule has 0 spiro atoms. The Morgan fingerprint density at radius 2 is 2.04 bits per heavy atom. The van der Waals surface area contributed by atoms with Crippen molar-refractivity contribution in [2.24, 2.45) is 5.92 Å². The third-order valence-corrected chi connectivity index (χ3v) is 5.65. The third kappa shape index (κ3) is 4.49. The molecule has 1 amide bonds. The molecule has 1 saturated heterocycles. The molecule has 2 aliphatic rings. The summed E-state index contributed by atoms with van der Waals surface area (Å²) in [4.78, 5) is 19.6. The van der Waals surface area contributed by atoms with Gasteiger partial charge in [-0.05, 0) is 69.7 Å². The summed E-state index contributed by atoms with van der Waals surface area (Å²) in [5.41, 5.74) is -0.945. The fourth-order valence-electron chi connectivity index (χ4n) is 3.74. The summed E-state index contributed by atoms with van der Waals surface area (Å²) in [5, 5.41) is 4.73. The molecule has 4 rings (SSSR count). The van der Waals surface area contributed by atoms with E-state index in [1.165, 1.54) is 0 Å². The van der Waals surface area contributed by atoms with Gasteiger partial charge in [0.2, 0.25) is 5.89 Å². The number of carbonyl (C=O) groups is 1. The van der Waals surface area contributed by atoms with Gasteiger partial charge in [0.15, 0.2) is 11.4 Å². The highest BCUT2D eigenvalue weighted by molar-refractivity contribution is 6.30. The molecular formula is C21H26ClN3O3. The fourth-order valence-corrected chi connectivity index (χ4v) is 3.87. The van der Waals surface area contributed by atoms with E-state index in [2.05, 4.69) is 10.1 Å². The Morgan fingerprint density at radius 1 is 1.29 bits per heavy atom. The van der Waals surface area contributed by atoms with E-state index in [0.717, 1.165) is 44.5 Å². The molecule has 0 radical (unpaired) electrons. The monoisotopic (exact) mass is 403 g/mol. The quantitative estimate of drug-likeness (QED) is 0.721. The van der Waals surface area contributed by atoms with Crippen LogP contribution in [0, 0.1) is 5.92 Å². The summed E-state index contributed by atoms with van der Waals surface area (Å²) in [6.07, 6.45) is 5.07. The summed E-state index contributed by atoms with van der Waals surface area (Å²) in [7, 11) is 0. The number of benzene rings is 1. The lowest BCUT2D eigenvalue weighted by Gasteiger charge is -2.37. The second-order valence-electron chi connectivity index (χ2n) is 8.35. The Balaban J connectivity index is 1.36. The average Bonchev–Trinajstić information content (AvgIpc) is 3.43. The number of aromatic nitrogens is 2. The van der Waals surface area contributed by atoms with Gasteiger partial charge in [0, 0.05) is 30.5 Å². The van der Waals surface area contributed by atoms with Gasteiger partial charge >= 0.3 is 0 Å². The van der Waals surface area contributed by atoms with Crippen molar-refractivity contribution < 1.29 is 14.1 Å². The van der Waals surface area contributed by atoms with Gasteiger partial charge in [0.25, 0.3) is 5.91 Å². The third-order valence-electron chi connectivity index (χ3n) is 5.40. The maximum absolute atomic E-state index is 13.1. The minimum atomic E-state index is -0.945. The van der Waals surface area contributed by atoms with E-state index in [4.69, 9.17) is 20.9 Å². The van der Waals surface area contributed by atoms with E-state index in [1.807, 2.05) is 18.7 Å². The van der Waals surface area contributed by atoms with Gasteiger partial charge in [-0.2, -0.15) is 4.98 Å². The first kappa shape index (κ1) is 19.2. The number of carbonyl (C=O) groups excluding carboxylic acids is 1. The Kier molecular flexibility index (Phi) is 5.32. The zero-order valence-corrected chi connectivity index (χ0v) is 17.1. The Bertz CT molecular complexity index is 830. The highest BCUT2D eigenvalue weighted by Gasteiger charge is 2.37. The molecule has 1 aromatic heterocycles. The summed E-state index contributed by atoms with van der Waals surface area (Å²) in [5.74, 6) is 2.99. The number of halogens is 1. The number of rotatable bonds is 6. The first-order chi connectivity index (χ1) is 13.4. The van der Waals surface area contributed by atoms with Crippen LogP contribution in [0.25, 0.3) is 0 Å². The van der Waals surface area contributed by atoms with Crippen LogP contribution in [0.5, 0.6) is 5.75 Å². The van der Waals surface area contributed by atoms with Gasteiger partial charge in [-0.25, -0.2) is 0 Å². The van der Waals surface area contributed by atoms with Crippen LogP contribution in [0.3, 0.4) is 0 Å². The van der Waals surface area contributed by atoms with Crippen molar-refractivity contribution in [3.05, 3.63) is 41.0 Å². The number of amides is 1.